The van der Waals surface area contributed by atoms with Crippen molar-refractivity contribution in [1.82, 2.24) is 9.62 Å². The van der Waals surface area contributed by atoms with Crippen LogP contribution < -0.4 is 4.72 Å². The molecule has 130 valence electrons. The van der Waals surface area contributed by atoms with E-state index in [-0.39, 0.29) is 11.8 Å². The SMILES string of the molecule is Cc1ccc(CS(=O)(=O)NCC(C(C)C)N2CCCCC2)cc1. The molecule has 0 aliphatic carbocycles. The van der Waals surface area contributed by atoms with Crippen LogP contribution in [-0.4, -0.2) is 39.0 Å². The predicted molar refractivity (Wildman–Crippen MR) is 95.9 cm³/mol. The fourth-order valence-corrected chi connectivity index (χ4v) is 4.36. The molecule has 1 aliphatic rings. The van der Waals surface area contributed by atoms with Gasteiger partial charge in [0.2, 0.25) is 10.0 Å². The maximum atomic E-state index is 12.4. The summed E-state index contributed by atoms with van der Waals surface area (Å²) in [6, 6.07) is 7.96. The summed E-state index contributed by atoms with van der Waals surface area (Å²) in [7, 11) is -3.29. The molecule has 1 heterocycles. The van der Waals surface area contributed by atoms with Crippen molar-refractivity contribution in [3.63, 3.8) is 0 Å². The number of sulfonamides is 1. The van der Waals surface area contributed by atoms with Gasteiger partial charge in [0.05, 0.1) is 5.75 Å². The van der Waals surface area contributed by atoms with E-state index in [2.05, 4.69) is 23.5 Å². The van der Waals surface area contributed by atoms with E-state index in [9.17, 15) is 8.42 Å². The average molecular weight is 339 g/mol. The molecule has 1 saturated heterocycles. The maximum absolute atomic E-state index is 12.4. The summed E-state index contributed by atoms with van der Waals surface area (Å²) in [5.41, 5.74) is 1.98. The zero-order valence-electron chi connectivity index (χ0n) is 14.6. The number of rotatable bonds is 7. The molecule has 1 fully saturated rings. The molecule has 1 aromatic carbocycles. The molecule has 4 nitrogen and oxygen atoms in total. The Bertz CT molecular complexity index is 576. The summed E-state index contributed by atoms with van der Waals surface area (Å²) in [6.45, 7) is 9.03. The van der Waals surface area contributed by atoms with Crippen LogP contribution in [0.25, 0.3) is 0 Å². The molecule has 1 aromatic rings. The van der Waals surface area contributed by atoms with Gasteiger partial charge >= 0.3 is 0 Å². The highest BCUT2D eigenvalue weighted by molar-refractivity contribution is 7.88. The van der Waals surface area contributed by atoms with E-state index in [1.54, 1.807) is 0 Å². The van der Waals surface area contributed by atoms with E-state index in [4.69, 9.17) is 0 Å². The Hall–Kier alpha value is -0.910. The molecule has 0 radical (unpaired) electrons. The van der Waals surface area contributed by atoms with Crippen molar-refractivity contribution in [1.29, 1.82) is 0 Å². The van der Waals surface area contributed by atoms with Crippen molar-refractivity contribution in [3.05, 3.63) is 35.4 Å². The van der Waals surface area contributed by atoms with Crippen LogP contribution in [0, 0.1) is 12.8 Å². The van der Waals surface area contributed by atoms with E-state index in [0.29, 0.717) is 12.5 Å². The lowest BCUT2D eigenvalue weighted by atomic mass is 9.99. The lowest BCUT2D eigenvalue weighted by Crippen LogP contribution is -2.48. The summed E-state index contributed by atoms with van der Waals surface area (Å²) >= 11 is 0. The summed E-state index contributed by atoms with van der Waals surface area (Å²) in [4.78, 5) is 2.45. The van der Waals surface area contributed by atoms with Gasteiger partial charge in [-0.05, 0) is 44.3 Å². The van der Waals surface area contributed by atoms with Crippen LogP contribution in [0.2, 0.25) is 0 Å². The number of piperidine rings is 1. The van der Waals surface area contributed by atoms with Crippen LogP contribution in [0.15, 0.2) is 24.3 Å². The van der Waals surface area contributed by atoms with Gasteiger partial charge in [-0.15, -0.1) is 0 Å². The molecule has 1 aliphatic heterocycles. The van der Waals surface area contributed by atoms with Crippen molar-refractivity contribution in [2.75, 3.05) is 19.6 Å². The lowest BCUT2D eigenvalue weighted by Gasteiger charge is -2.37. The number of nitrogens with one attached hydrogen (secondary N) is 1. The third kappa shape index (κ3) is 5.90. The molecule has 0 spiro atoms. The van der Waals surface area contributed by atoms with E-state index in [0.717, 1.165) is 24.2 Å². The quantitative estimate of drug-likeness (QED) is 0.831. The van der Waals surface area contributed by atoms with Crippen LogP contribution in [0.1, 0.15) is 44.2 Å². The Kier molecular flexibility index (Phi) is 6.62. The second-order valence-electron chi connectivity index (χ2n) is 7.00. The van der Waals surface area contributed by atoms with Gasteiger partial charge in [0.15, 0.2) is 0 Å². The second-order valence-corrected chi connectivity index (χ2v) is 8.81. The first kappa shape index (κ1) is 18.4. The molecule has 2 rings (SSSR count). The topological polar surface area (TPSA) is 49.4 Å². The van der Waals surface area contributed by atoms with Gasteiger partial charge in [-0.3, -0.25) is 4.90 Å². The van der Waals surface area contributed by atoms with E-state index >= 15 is 0 Å². The second kappa shape index (κ2) is 8.27. The molecule has 1 unspecified atom stereocenters. The van der Waals surface area contributed by atoms with Gasteiger partial charge in [0.25, 0.3) is 0 Å². The maximum Gasteiger partial charge on any atom is 0.215 e. The van der Waals surface area contributed by atoms with Crippen LogP contribution in [0.3, 0.4) is 0 Å². The van der Waals surface area contributed by atoms with Gasteiger partial charge in [-0.2, -0.15) is 0 Å². The van der Waals surface area contributed by atoms with Crippen LogP contribution in [0.4, 0.5) is 0 Å². The largest absolute Gasteiger partial charge is 0.299 e. The highest BCUT2D eigenvalue weighted by Gasteiger charge is 2.25. The fraction of sp³-hybridized carbons (Fsp3) is 0.667. The first-order valence-corrected chi connectivity index (χ1v) is 10.3. The average Bonchev–Trinajstić information content (AvgIpc) is 2.50. The van der Waals surface area contributed by atoms with Crippen molar-refractivity contribution in [3.8, 4) is 0 Å². The highest BCUT2D eigenvalue weighted by Crippen LogP contribution is 2.17. The van der Waals surface area contributed by atoms with Crippen LogP contribution in [0.5, 0.6) is 0 Å². The standard InChI is InChI=1S/C18H30N2O2S/c1-15(2)18(20-11-5-4-6-12-20)13-19-23(21,22)14-17-9-7-16(3)8-10-17/h7-10,15,18-19H,4-6,11-14H2,1-3H3. The molecule has 5 heteroatoms. The predicted octanol–water partition coefficient (Wildman–Crippen LogP) is 2.92. The molecular weight excluding hydrogens is 308 g/mol. The number of likely N-dealkylation sites (tertiary alicyclic amines) is 1. The smallest absolute Gasteiger partial charge is 0.215 e. The molecule has 0 amide bonds. The van der Waals surface area contributed by atoms with Gasteiger partial charge in [0, 0.05) is 12.6 Å². The molecule has 23 heavy (non-hydrogen) atoms. The summed E-state index contributed by atoms with van der Waals surface area (Å²) in [6.07, 6.45) is 3.74. The third-order valence-electron chi connectivity index (χ3n) is 4.62. The number of benzene rings is 1. The monoisotopic (exact) mass is 338 g/mol. The Balaban J connectivity index is 1.94. The number of hydrogen-bond donors (Lipinski definition) is 1. The van der Waals surface area contributed by atoms with Gasteiger partial charge < -0.3 is 0 Å². The zero-order valence-corrected chi connectivity index (χ0v) is 15.4. The van der Waals surface area contributed by atoms with E-state index < -0.39 is 10.0 Å². The summed E-state index contributed by atoms with van der Waals surface area (Å²) < 4.78 is 27.6. The minimum atomic E-state index is -3.29. The lowest BCUT2D eigenvalue weighted by molar-refractivity contribution is 0.130. The van der Waals surface area contributed by atoms with Crippen molar-refractivity contribution in [2.24, 2.45) is 5.92 Å². The third-order valence-corrected chi connectivity index (χ3v) is 5.94. The Labute approximate surface area is 141 Å². The zero-order chi connectivity index (χ0) is 16.9. The Morgan fingerprint density at radius 3 is 2.26 bits per heavy atom. The van der Waals surface area contributed by atoms with E-state index in [1.807, 2.05) is 31.2 Å². The summed E-state index contributed by atoms with van der Waals surface area (Å²) in [5.74, 6) is 0.494. The minimum absolute atomic E-state index is 0.0537. The van der Waals surface area contributed by atoms with Crippen molar-refractivity contribution < 1.29 is 8.42 Å². The van der Waals surface area contributed by atoms with Gasteiger partial charge in [-0.25, -0.2) is 13.1 Å². The molecule has 0 bridgehead atoms. The molecular formula is C18H30N2O2S. The highest BCUT2D eigenvalue weighted by atomic mass is 32.2. The Morgan fingerprint density at radius 2 is 1.70 bits per heavy atom. The number of nitrogens with zero attached hydrogens (tertiary/aromatic N) is 1. The first-order valence-electron chi connectivity index (χ1n) is 8.64. The molecule has 0 aromatic heterocycles. The van der Waals surface area contributed by atoms with Gasteiger partial charge in [0.1, 0.15) is 0 Å². The van der Waals surface area contributed by atoms with Crippen LogP contribution in [-0.2, 0) is 15.8 Å². The molecule has 0 saturated carbocycles. The minimum Gasteiger partial charge on any atom is -0.299 e. The molecule has 1 N–H and O–H groups in total. The van der Waals surface area contributed by atoms with Crippen molar-refractivity contribution in [2.45, 2.75) is 51.8 Å². The number of aryl methyl sites for hydroxylation is 1. The summed E-state index contributed by atoms with van der Waals surface area (Å²) in [5, 5.41) is 0. The Morgan fingerprint density at radius 1 is 1.09 bits per heavy atom. The normalized spacial score (nSPS) is 18.3. The van der Waals surface area contributed by atoms with E-state index in [1.165, 1.54) is 19.3 Å². The number of hydrogen-bond acceptors (Lipinski definition) is 3. The molecule has 1 atom stereocenters. The van der Waals surface area contributed by atoms with Crippen LogP contribution >= 0.6 is 0 Å². The first-order chi connectivity index (χ1) is 10.9. The fourth-order valence-electron chi connectivity index (χ4n) is 3.20. The van der Waals surface area contributed by atoms with Gasteiger partial charge in [-0.1, -0.05) is 50.1 Å². The van der Waals surface area contributed by atoms with Crippen molar-refractivity contribution >= 4 is 10.0 Å².